The molecular weight excluding hydrogens is 146 g/mol. The van der Waals surface area contributed by atoms with Crippen LogP contribution >= 0.6 is 11.5 Å². The van der Waals surface area contributed by atoms with E-state index in [0.29, 0.717) is 0 Å². The minimum absolute atomic E-state index is 0.0958. The quantitative estimate of drug-likeness (QED) is 0.712. The zero-order valence-corrected chi connectivity index (χ0v) is 6.83. The number of hydrogen-bond acceptors (Lipinski definition) is 2. The lowest BCUT2D eigenvalue weighted by atomic mass is 10.2. The van der Waals surface area contributed by atoms with Crippen molar-refractivity contribution in [2.45, 2.75) is 26.2 Å². The highest BCUT2D eigenvalue weighted by atomic mass is 32.1. The van der Waals surface area contributed by atoms with E-state index >= 15 is 0 Å². The SMILES string of the molecule is CCCCc1cs[nH]c1=O. The molecule has 0 aliphatic rings. The molecule has 1 heterocycles. The van der Waals surface area contributed by atoms with Crippen LogP contribution in [-0.4, -0.2) is 4.37 Å². The number of unbranched alkanes of at least 4 members (excludes halogenated alkanes) is 1. The molecule has 0 radical (unpaired) electrons. The Hall–Kier alpha value is -0.570. The highest BCUT2D eigenvalue weighted by Gasteiger charge is 1.97. The molecule has 2 nitrogen and oxygen atoms in total. The summed E-state index contributed by atoms with van der Waals surface area (Å²) >= 11 is 1.38. The third-order valence-corrected chi connectivity index (χ3v) is 2.15. The molecule has 1 aromatic rings. The topological polar surface area (TPSA) is 32.9 Å². The van der Waals surface area contributed by atoms with Gasteiger partial charge in [0, 0.05) is 10.9 Å². The monoisotopic (exact) mass is 157 g/mol. The van der Waals surface area contributed by atoms with Crippen molar-refractivity contribution in [1.29, 1.82) is 0 Å². The maximum atomic E-state index is 10.9. The zero-order chi connectivity index (χ0) is 7.40. The molecule has 0 aliphatic carbocycles. The van der Waals surface area contributed by atoms with Crippen LogP contribution in [0.4, 0.5) is 0 Å². The first-order valence-corrected chi connectivity index (χ1v) is 4.37. The molecule has 10 heavy (non-hydrogen) atoms. The van der Waals surface area contributed by atoms with Gasteiger partial charge in [-0.15, -0.1) is 0 Å². The molecule has 0 saturated carbocycles. The maximum absolute atomic E-state index is 10.9. The molecule has 0 aromatic carbocycles. The van der Waals surface area contributed by atoms with E-state index in [0.717, 1.165) is 24.8 Å². The minimum Gasteiger partial charge on any atom is -0.278 e. The van der Waals surface area contributed by atoms with E-state index < -0.39 is 0 Å². The van der Waals surface area contributed by atoms with E-state index in [9.17, 15) is 4.79 Å². The van der Waals surface area contributed by atoms with Crippen molar-refractivity contribution in [3.8, 4) is 0 Å². The van der Waals surface area contributed by atoms with Gasteiger partial charge < -0.3 is 0 Å². The lowest BCUT2D eigenvalue weighted by molar-refractivity contribution is 0.792. The second kappa shape index (κ2) is 3.56. The van der Waals surface area contributed by atoms with Crippen LogP contribution in [0.15, 0.2) is 10.2 Å². The number of rotatable bonds is 3. The molecule has 0 spiro atoms. The number of aromatic amines is 1. The Balaban J connectivity index is 2.57. The summed E-state index contributed by atoms with van der Waals surface area (Å²) in [4.78, 5) is 10.9. The van der Waals surface area contributed by atoms with Crippen molar-refractivity contribution < 1.29 is 0 Å². The van der Waals surface area contributed by atoms with E-state index in [1.54, 1.807) is 0 Å². The van der Waals surface area contributed by atoms with Gasteiger partial charge in [0.15, 0.2) is 0 Å². The Morgan fingerprint density at radius 2 is 2.50 bits per heavy atom. The van der Waals surface area contributed by atoms with Crippen LogP contribution in [0.3, 0.4) is 0 Å². The molecule has 56 valence electrons. The van der Waals surface area contributed by atoms with Crippen molar-refractivity contribution >= 4 is 11.5 Å². The standard InChI is InChI=1S/C7H11NOS/c1-2-3-4-6-5-10-8-7(6)9/h5H,2-4H2,1H3,(H,8,9). The lowest BCUT2D eigenvalue weighted by Gasteiger charge is -1.89. The molecule has 1 aromatic heterocycles. The van der Waals surface area contributed by atoms with Gasteiger partial charge >= 0.3 is 0 Å². The first-order valence-electron chi connectivity index (χ1n) is 3.49. The molecule has 0 atom stereocenters. The average Bonchev–Trinajstić information content (AvgIpc) is 2.31. The van der Waals surface area contributed by atoms with E-state index in [1.807, 2.05) is 5.38 Å². The van der Waals surface area contributed by atoms with Gasteiger partial charge in [0.1, 0.15) is 0 Å². The van der Waals surface area contributed by atoms with Gasteiger partial charge in [-0.1, -0.05) is 24.9 Å². The van der Waals surface area contributed by atoms with Gasteiger partial charge in [-0.2, -0.15) is 0 Å². The summed E-state index contributed by atoms with van der Waals surface area (Å²) in [6.07, 6.45) is 3.18. The largest absolute Gasteiger partial charge is 0.278 e. The van der Waals surface area contributed by atoms with Gasteiger partial charge in [0.05, 0.1) is 0 Å². The molecule has 0 unspecified atom stereocenters. The molecule has 3 heteroatoms. The van der Waals surface area contributed by atoms with Crippen molar-refractivity contribution in [2.24, 2.45) is 0 Å². The van der Waals surface area contributed by atoms with Crippen molar-refractivity contribution in [3.63, 3.8) is 0 Å². The van der Waals surface area contributed by atoms with E-state index in [4.69, 9.17) is 0 Å². The van der Waals surface area contributed by atoms with E-state index in [-0.39, 0.29) is 5.56 Å². The molecule has 0 aliphatic heterocycles. The van der Waals surface area contributed by atoms with Gasteiger partial charge in [0.25, 0.3) is 5.56 Å². The Kier molecular flexibility index (Phi) is 2.68. The number of hydrogen-bond donors (Lipinski definition) is 1. The fourth-order valence-corrected chi connectivity index (χ4v) is 1.48. The predicted octanol–water partition coefficient (Wildman–Crippen LogP) is 1.78. The van der Waals surface area contributed by atoms with Gasteiger partial charge in [-0.3, -0.25) is 9.17 Å². The normalized spacial score (nSPS) is 10.1. The molecule has 0 amide bonds. The van der Waals surface area contributed by atoms with E-state index in [2.05, 4.69) is 11.3 Å². The molecular formula is C7H11NOS. The third kappa shape index (κ3) is 1.70. The summed E-state index contributed by atoms with van der Waals surface area (Å²) in [5, 5.41) is 1.90. The van der Waals surface area contributed by atoms with Crippen molar-refractivity contribution in [3.05, 3.63) is 21.3 Å². The third-order valence-electron chi connectivity index (χ3n) is 1.44. The lowest BCUT2D eigenvalue weighted by Crippen LogP contribution is -2.04. The highest BCUT2D eigenvalue weighted by Crippen LogP contribution is 2.00. The zero-order valence-electron chi connectivity index (χ0n) is 6.02. The number of aromatic nitrogens is 1. The molecule has 1 N–H and O–H groups in total. The summed E-state index contributed by atoms with van der Waals surface area (Å²) in [6, 6.07) is 0. The van der Waals surface area contributed by atoms with Crippen LogP contribution in [-0.2, 0) is 6.42 Å². The van der Waals surface area contributed by atoms with Crippen LogP contribution in [0.5, 0.6) is 0 Å². The van der Waals surface area contributed by atoms with Crippen LogP contribution < -0.4 is 5.56 Å². The van der Waals surface area contributed by atoms with Crippen LogP contribution in [0.2, 0.25) is 0 Å². The van der Waals surface area contributed by atoms with Gasteiger partial charge in [-0.25, -0.2) is 0 Å². The van der Waals surface area contributed by atoms with Crippen LogP contribution in [0.1, 0.15) is 25.3 Å². The average molecular weight is 157 g/mol. The maximum Gasteiger partial charge on any atom is 0.261 e. The predicted molar refractivity (Wildman–Crippen MR) is 43.6 cm³/mol. The smallest absolute Gasteiger partial charge is 0.261 e. The van der Waals surface area contributed by atoms with Crippen LogP contribution in [0, 0.1) is 0 Å². The summed E-state index contributed by atoms with van der Waals surface area (Å²) in [5.74, 6) is 0. The number of aryl methyl sites for hydroxylation is 1. The number of H-pyrrole nitrogens is 1. The first kappa shape index (κ1) is 7.54. The second-order valence-electron chi connectivity index (χ2n) is 2.30. The molecule has 0 fully saturated rings. The Morgan fingerprint density at radius 3 is 3.00 bits per heavy atom. The Bertz CT molecular complexity index is 238. The Morgan fingerprint density at radius 1 is 1.70 bits per heavy atom. The summed E-state index contributed by atoms with van der Waals surface area (Å²) < 4.78 is 2.66. The minimum atomic E-state index is 0.0958. The fourth-order valence-electron chi connectivity index (χ4n) is 0.813. The summed E-state index contributed by atoms with van der Waals surface area (Å²) in [5.41, 5.74) is 1.03. The van der Waals surface area contributed by atoms with Gasteiger partial charge in [0.2, 0.25) is 0 Å². The number of nitrogens with one attached hydrogen (secondary N) is 1. The van der Waals surface area contributed by atoms with Crippen molar-refractivity contribution in [1.82, 2.24) is 4.37 Å². The van der Waals surface area contributed by atoms with Gasteiger partial charge in [-0.05, 0) is 12.8 Å². The first-order chi connectivity index (χ1) is 4.84. The summed E-state index contributed by atoms with van der Waals surface area (Å²) in [7, 11) is 0. The highest BCUT2D eigenvalue weighted by molar-refractivity contribution is 7.03. The second-order valence-corrected chi connectivity index (χ2v) is 2.97. The summed E-state index contributed by atoms with van der Waals surface area (Å²) in [6.45, 7) is 2.13. The van der Waals surface area contributed by atoms with Crippen molar-refractivity contribution in [2.75, 3.05) is 0 Å². The molecule has 1 rings (SSSR count). The molecule has 0 bridgehead atoms. The van der Waals surface area contributed by atoms with E-state index in [1.165, 1.54) is 11.5 Å². The Labute approximate surface area is 64.1 Å². The molecule has 0 saturated heterocycles. The fraction of sp³-hybridized carbons (Fsp3) is 0.571. The van der Waals surface area contributed by atoms with Crippen LogP contribution in [0.25, 0.3) is 0 Å².